The lowest BCUT2D eigenvalue weighted by Gasteiger charge is -2.24. The van der Waals surface area contributed by atoms with E-state index in [0.717, 1.165) is 37.2 Å². The van der Waals surface area contributed by atoms with E-state index in [1.807, 2.05) is 24.1 Å². The molecule has 2 heterocycles. The molecule has 0 saturated heterocycles. The Labute approximate surface area is 142 Å². The quantitative estimate of drug-likeness (QED) is 0.882. The maximum atomic E-state index is 12.3. The van der Waals surface area contributed by atoms with E-state index >= 15 is 0 Å². The molecular formula is C17H26N6O. The van der Waals surface area contributed by atoms with E-state index in [1.165, 1.54) is 5.69 Å². The Morgan fingerprint density at radius 3 is 3.08 bits per heavy atom. The van der Waals surface area contributed by atoms with Crippen LogP contribution in [0.2, 0.25) is 0 Å². The van der Waals surface area contributed by atoms with Gasteiger partial charge in [-0.1, -0.05) is 13.8 Å². The van der Waals surface area contributed by atoms with Gasteiger partial charge in [-0.05, 0) is 25.2 Å². The number of hydrogen-bond acceptors (Lipinski definition) is 3. The van der Waals surface area contributed by atoms with Gasteiger partial charge >= 0.3 is 6.03 Å². The summed E-state index contributed by atoms with van der Waals surface area (Å²) in [4.78, 5) is 16.6. The molecule has 0 aliphatic heterocycles. The van der Waals surface area contributed by atoms with Crippen LogP contribution in [0.25, 0.3) is 0 Å². The third-order valence-corrected chi connectivity index (χ3v) is 4.45. The third kappa shape index (κ3) is 3.60. The summed E-state index contributed by atoms with van der Waals surface area (Å²) in [6.45, 7) is 5.66. The highest BCUT2D eigenvalue weighted by atomic mass is 16.2. The fourth-order valence-corrected chi connectivity index (χ4v) is 3.29. The maximum Gasteiger partial charge on any atom is 0.315 e. The number of imidazole rings is 1. The Balaban J connectivity index is 1.56. The monoisotopic (exact) mass is 330 g/mol. The van der Waals surface area contributed by atoms with Crippen molar-refractivity contribution in [3.05, 3.63) is 35.7 Å². The number of amides is 2. The average molecular weight is 330 g/mol. The van der Waals surface area contributed by atoms with Crippen LogP contribution in [0.5, 0.6) is 0 Å². The zero-order valence-electron chi connectivity index (χ0n) is 14.6. The van der Waals surface area contributed by atoms with Crippen molar-refractivity contribution in [1.29, 1.82) is 0 Å². The van der Waals surface area contributed by atoms with Crippen LogP contribution in [0.15, 0.2) is 18.6 Å². The van der Waals surface area contributed by atoms with Crippen LogP contribution in [0.3, 0.4) is 0 Å². The van der Waals surface area contributed by atoms with Gasteiger partial charge in [0.25, 0.3) is 0 Å². The van der Waals surface area contributed by atoms with Crippen molar-refractivity contribution >= 4 is 6.03 Å². The molecule has 2 N–H and O–H groups in total. The largest absolute Gasteiger partial charge is 0.333 e. The van der Waals surface area contributed by atoms with E-state index in [1.54, 1.807) is 6.20 Å². The number of rotatable bonds is 5. The van der Waals surface area contributed by atoms with Gasteiger partial charge in [0.15, 0.2) is 0 Å². The van der Waals surface area contributed by atoms with Crippen LogP contribution in [-0.4, -0.2) is 25.4 Å². The van der Waals surface area contributed by atoms with Crippen LogP contribution in [0, 0.1) is 5.92 Å². The van der Waals surface area contributed by atoms with E-state index in [2.05, 4.69) is 39.1 Å². The number of carbonyl (C=O) groups is 1. The minimum Gasteiger partial charge on any atom is -0.333 e. The highest BCUT2D eigenvalue weighted by Gasteiger charge is 2.24. The first kappa shape index (κ1) is 16.5. The van der Waals surface area contributed by atoms with E-state index in [0.29, 0.717) is 12.5 Å². The number of nitrogens with one attached hydrogen (secondary N) is 2. The Hall–Kier alpha value is -2.31. The maximum absolute atomic E-state index is 12.3. The summed E-state index contributed by atoms with van der Waals surface area (Å²) in [5.41, 5.74) is 2.36. The topological polar surface area (TPSA) is 76.8 Å². The normalized spacial score (nSPS) is 16.9. The van der Waals surface area contributed by atoms with Crippen molar-refractivity contribution < 1.29 is 4.79 Å². The fourth-order valence-electron chi connectivity index (χ4n) is 3.29. The first-order valence-corrected chi connectivity index (χ1v) is 8.59. The molecule has 2 aromatic rings. The minimum atomic E-state index is -0.157. The predicted octanol–water partition coefficient (Wildman–Crippen LogP) is 2.15. The highest BCUT2D eigenvalue weighted by molar-refractivity contribution is 5.74. The molecule has 3 rings (SSSR count). The fraction of sp³-hybridized carbons (Fsp3) is 0.588. The number of hydrogen-bond donors (Lipinski definition) is 2. The van der Waals surface area contributed by atoms with Crippen LogP contribution < -0.4 is 10.6 Å². The van der Waals surface area contributed by atoms with Crippen molar-refractivity contribution in [3.63, 3.8) is 0 Å². The molecule has 7 nitrogen and oxygen atoms in total. The molecule has 2 aromatic heterocycles. The second-order valence-electron chi connectivity index (χ2n) is 6.83. The van der Waals surface area contributed by atoms with Gasteiger partial charge in [0, 0.05) is 37.2 Å². The molecule has 0 spiro atoms. The summed E-state index contributed by atoms with van der Waals surface area (Å²) in [5.74, 6) is 1.42. The number of nitrogens with zero attached hydrogens (tertiary/aromatic N) is 4. The van der Waals surface area contributed by atoms with E-state index in [-0.39, 0.29) is 12.1 Å². The number of aryl methyl sites for hydroxylation is 1. The first-order valence-electron chi connectivity index (χ1n) is 8.59. The smallest absolute Gasteiger partial charge is 0.315 e. The molecule has 0 unspecified atom stereocenters. The highest BCUT2D eigenvalue weighted by Crippen LogP contribution is 2.28. The summed E-state index contributed by atoms with van der Waals surface area (Å²) in [6, 6.07) is -0.117. The predicted molar refractivity (Wildman–Crippen MR) is 91.3 cm³/mol. The van der Waals surface area contributed by atoms with Gasteiger partial charge in [-0.15, -0.1) is 0 Å². The van der Waals surface area contributed by atoms with Crippen LogP contribution >= 0.6 is 0 Å². The minimum absolute atomic E-state index is 0.0397. The molecule has 0 bridgehead atoms. The second-order valence-corrected chi connectivity index (χ2v) is 6.83. The Bertz CT molecular complexity index is 702. The van der Waals surface area contributed by atoms with E-state index in [9.17, 15) is 4.79 Å². The molecule has 24 heavy (non-hydrogen) atoms. The number of aromatic nitrogens is 4. The molecule has 2 amide bonds. The third-order valence-electron chi connectivity index (χ3n) is 4.45. The second kappa shape index (κ2) is 7.07. The van der Waals surface area contributed by atoms with Crippen molar-refractivity contribution in [2.24, 2.45) is 13.0 Å². The summed E-state index contributed by atoms with van der Waals surface area (Å²) >= 11 is 0. The van der Waals surface area contributed by atoms with Crippen LogP contribution in [-0.2, 0) is 26.6 Å². The molecule has 130 valence electrons. The molecule has 1 atom stereocenters. The van der Waals surface area contributed by atoms with Gasteiger partial charge < -0.3 is 15.2 Å². The van der Waals surface area contributed by atoms with Crippen molar-refractivity contribution in [1.82, 2.24) is 30.0 Å². The molecule has 1 aliphatic carbocycles. The SMILES string of the molecule is CC(C)Cn1ccnc1CNC(=O)N[C@H]1CCCc2c1cnn2C. The van der Waals surface area contributed by atoms with Gasteiger partial charge in [-0.2, -0.15) is 5.10 Å². The Morgan fingerprint density at radius 1 is 1.46 bits per heavy atom. The lowest BCUT2D eigenvalue weighted by atomic mass is 9.93. The van der Waals surface area contributed by atoms with E-state index < -0.39 is 0 Å². The molecule has 0 radical (unpaired) electrons. The number of fused-ring (bicyclic) bond motifs is 1. The molecule has 0 aromatic carbocycles. The average Bonchev–Trinajstić information content (AvgIpc) is 3.13. The lowest BCUT2D eigenvalue weighted by Crippen LogP contribution is -2.39. The zero-order chi connectivity index (χ0) is 17.1. The van der Waals surface area contributed by atoms with Gasteiger partial charge in [0.05, 0.1) is 18.8 Å². The van der Waals surface area contributed by atoms with Crippen molar-refractivity contribution in [2.75, 3.05) is 0 Å². The zero-order valence-corrected chi connectivity index (χ0v) is 14.6. The lowest BCUT2D eigenvalue weighted by molar-refractivity contribution is 0.234. The molecule has 0 saturated carbocycles. The summed E-state index contributed by atoms with van der Waals surface area (Å²) in [5, 5.41) is 10.3. The summed E-state index contributed by atoms with van der Waals surface area (Å²) in [6.07, 6.45) is 8.65. The summed E-state index contributed by atoms with van der Waals surface area (Å²) < 4.78 is 3.99. The van der Waals surface area contributed by atoms with Crippen LogP contribution in [0.4, 0.5) is 4.79 Å². The van der Waals surface area contributed by atoms with Crippen molar-refractivity contribution in [3.8, 4) is 0 Å². The van der Waals surface area contributed by atoms with Gasteiger partial charge in [0.1, 0.15) is 5.82 Å². The van der Waals surface area contributed by atoms with Crippen molar-refractivity contribution in [2.45, 2.75) is 52.2 Å². The molecular weight excluding hydrogens is 304 g/mol. The molecule has 0 fully saturated rings. The Morgan fingerprint density at radius 2 is 2.29 bits per heavy atom. The first-order chi connectivity index (χ1) is 11.5. The molecule has 1 aliphatic rings. The van der Waals surface area contributed by atoms with Gasteiger partial charge in [0.2, 0.25) is 0 Å². The summed E-state index contributed by atoms with van der Waals surface area (Å²) in [7, 11) is 1.95. The standard InChI is InChI=1S/C17H26N6O/c1-12(2)11-23-8-7-18-16(23)10-19-17(24)21-14-5-4-6-15-13(14)9-20-22(15)3/h7-9,12,14H,4-6,10-11H2,1-3H3,(H2,19,21,24)/t14-/m0/s1. The van der Waals surface area contributed by atoms with Gasteiger partial charge in [-0.3, -0.25) is 4.68 Å². The van der Waals surface area contributed by atoms with Crippen LogP contribution in [0.1, 0.15) is 49.8 Å². The number of carbonyl (C=O) groups excluding carboxylic acids is 1. The number of urea groups is 1. The van der Waals surface area contributed by atoms with E-state index in [4.69, 9.17) is 0 Å². The Kier molecular flexibility index (Phi) is 4.87. The van der Waals surface area contributed by atoms with Gasteiger partial charge in [-0.25, -0.2) is 9.78 Å². The molecule has 7 heteroatoms.